The van der Waals surface area contributed by atoms with Gasteiger partial charge in [0, 0.05) is 6.61 Å². The number of aliphatic hydroxyl groups excluding tert-OH is 1. The normalized spacial score (nSPS) is 16.6. The van der Waals surface area contributed by atoms with Crippen LogP contribution >= 0.6 is 11.8 Å². The number of carbonyl (C=O) groups excluding carboxylic acids is 1. The molecule has 0 amide bonds. The molecule has 5 heteroatoms. The van der Waals surface area contributed by atoms with Crippen molar-refractivity contribution in [3.05, 3.63) is 0 Å². The van der Waals surface area contributed by atoms with Crippen LogP contribution in [0.5, 0.6) is 0 Å². The Labute approximate surface area is 102 Å². The Morgan fingerprint density at radius 1 is 1.62 bits per heavy atom. The van der Waals surface area contributed by atoms with Crippen LogP contribution in [-0.2, 0) is 9.53 Å². The van der Waals surface area contributed by atoms with Crippen molar-refractivity contribution < 1.29 is 14.6 Å². The predicted octanol–water partition coefficient (Wildman–Crippen LogP) is 1.02. The van der Waals surface area contributed by atoms with Gasteiger partial charge in [-0.05, 0) is 37.7 Å². The van der Waals surface area contributed by atoms with Crippen molar-refractivity contribution in [2.45, 2.75) is 32.7 Å². The topological polar surface area (TPSA) is 72.5 Å². The van der Waals surface area contributed by atoms with Crippen LogP contribution in [0.1, 0.15) is 27.2 Å². The van der Waals surface area contributed by atoms with Gasteiger partial charge in [-0.15, -0.1) is 0 Å². The van der Waals surface area contributed by atoms with Crippen LogP contribution in [0.25, 0.3) is 0 Å². The summed E-state index contributed by atoms with van der Waals surface area (Å²) in [5.41, 5.74) is 4.96. The molecule has 0 aromatic heterocycles. The number of thioether (sulfide) groups is 1. The van der Waals surface area contributed by atoms with Gasteiger partial charge in [0.15, 0.2) is 0 Å². The molecule has 2 atom stereocenters. The molecule has 0 radical (unpaired) electrons. The number of nitrogens with two attached hydrogens (primary N) is 1. The molecule has 4 nitrogen and oxygen atoms in total. The van der Waals surface area contributed by atoms with Gasteiger partial charge >= 0.3 is 5.97 Å². The van der Waals surface area contributed by atoms with Crippen LogP contribution in [0.15, 0.2) is 0 Å². The van der Waals surface area contributed by atoms with E-state index in [0.717, 1.165) is 11.5 Å². The van der Waals surface area contributed by atoms with Crippen LogP contribution in [-0.4, -0.2) is 41.3 Å². The fourth-order valence-corrected chi connectivity index (χ4v) is 2.26. The standard InChI is InChI=1S/C11H23NO3S/c1-4-15-10(14)11(3,12)5-6-16-8-9(2)7-13/h9,13H,4-8,12H2,1-3H3. The molecule has 0 bridgehead atoms. The Hall–Kier alpha value is -0.260. The Balaban J connectivity index is 3.77. The summed E-state index contributed by atoms with van der Waals surface area (Å²) in [5.74, 6) is 1.63. The van der Waals surface area contributed by atoms with Crippen LogP contribution < -0.4 is 5.73 Å². The monoisotopic (exact) mass is 249 g/mol. The molecule has 0 aliphatic carbocycles. The van der Waals surface area contributed by atoms with Gasteiger partial charge < -0.3 is 15.6 Å². The lowest BCUT2D eigenvalue weighted by Gasteiger charge is -2.22. The summed E-state index contributed by atoms with van der Waals surface area (Å²) < 4.78 is 4.89. The van der Waals surface area contributed by atoms with Gasteiger partial charge in [0.25, 0.3) is 0 Å². The summed E-state index contributed by atoms with van der Waals surface area (Å²) in [6.07, 6.45) is 0.592. The number of carbonyl (C=O) groups is 1. The van der Waals surface area contributed by atoms with Gasteiger partial charge in [-0.3, -0.25) is 4.79 Å². The molecule has 0 saturated carbocycles. The highest BCUT2D eigenvalue weighted by Crippen LogP contribution is 2.15. The van der Waals surface area contributed by atoms with E-state index in [0.29, 0.717) is 13.0 Å². The third-order valence-electron chi connectivity index (χ3n) is 2.22. The van der Waals surface area contributed by atoms with Crippen molar-refractivity contribution in [2.24, 2.45) is 11.7 Å². The molecule has 3 N–H and O–H groups in total. The molecule has 0 aliphatic rings. The highest BCUT2D eigenvalue weighted by atomic mass is 32.2. The molecule has 2 unspecified atom stereocenters. The van der Waals surface area contributed by atoms with Gasteiger partial charge in [-0.2, -0.15) is 11.8 Å². The summed E-state index contributed by atoms with van der Waals surface area (Å²) in [7, 11) is 0. The average Bonchev–Trinajstić information content (AvgIpc) is 2.24. The fraction of sp³-hybridized carbons (Fsp3) is 0.909. The molecule has 0 saturated heterocycles. The molecule has 0 rings (SSSR count). The highest BCUT2D eigenvalue weighted by Gasteiger charge is 2.29. The van der Waals surface area contributed by atoms with Crippen LogP contribution in [0.2, 0.25) is 0 Å². The smallest absolute Gasteiger partial charge is 0.325 e. The van der Waals surface area contributed by atoms with Crippen LogP contribution in [0, 0.1) is 5.92 Å². The number of hydrogen-bond donors (Lipinski definition) is 2. The van der Waals surface area contributed by atoms with Crippen molar-refractivity contribution >= 4 is 17.7 Å². The van der Waals surface area contributed by atoms with Gasteiger partial charge in [0.2, 0.25) is 0 Å². The van der Waals surface area contributed by atoms with Gasteiger partial charge in [0.1, 0.15) is 5.54 Å². The number of esters is 1. The molecule has 0 heterocycles. The second kappa shape index (κ2) is 7.92. The van der Waals surface area contributed by atoms with E-state index >= 15 is 0 Å². The minimum Gasteiger partial charge on any atom is -0.465 e. The van der Waals surface area contributed by atoms with Gasteiger partial charge in [-0.1, -0.05) is 6.92 Å². The van der Waals surface area contributed by atoms with E-state index in [1.54, 1.807) is 25.6 Å². The van der Waals surface area contributed by atoms with E-state index in [-0.39, 0.29) is 18.5 Å². The van der Waals surface area contributed by atoms with E-state index in [2.05, 4.69) is 0 Å². The lowest BCUT2D eigenvalue weighted by atomic mass is 10.0. The lowest BCUT2D eigenvalue weighted by molar-refractivity contribution is -0.149. The lowest BCUT2D eigenvalue weighted by Crippen LogP contribution is -2.46. The first kappa shape index (κ1) is 15.7. The van der Waals surface area contributed by atoms with Crippen LogP contribution in [0.4, 0.5) is 0 Å². The first-order valence-electron chi connectivity index (χ1n) is 5.58. The molecule has 0 spiro atoms. The maximum absolute atomic E-state index is 11.5. The van der Waals surface area contributed by atoms with E-state index in [9.17, 15) is 4.79 Å². The van der Waals surface area contributed by atoms with Crippen molar-refractivity contribution in [3.63, 3.8) is 0 Å². The molecule has 0 aromatic rings. The summed E-state index contributed by atoms with van der Waals surface area (Å²) >= 11 is 1.70. The zero-order valence-electron chi connectivity index (χ0n) is 10.4. The number of rotatable bonds is 8. The van der Waals surface area contributed by atoms with Crippen molar-refractivity contribution in [3.8, 4) is 0 Å². The predicted molar refractivity (Wildman–Crippen MR) is 67.4 cm³/mol. The molecule has 0 fully saturated rings. The number of aliphatic hydroxyl groups is 1. The van der Waals surface area contributed by atoms with Gasteiger partial charge in [-0.25, -0.2) is 0 Å². The number of ether oxygens (including phenoxy) is 1. The Morgan fingerprint density at radius 3 is 2.75 bits per heavy atom. The van der Waals surface area contributed by atoms with Gasteiger partial charge in [0.05, 0.1) is 6.61 Å². The molecular weight excluding hydrogens is 226 g/mol. The molecule has 16 heavy (non-hydrogen) atoms. The largest absolute Gasteiger partial charge is 0.465 e. The molecule has 0 aromatic carbocycles. The zero-order valence-corrected chi connectivity index (χ0v) is 11.2. The zero-order chi connectivity index (χ0) is 12.6. The Bertz CT molecular complexity index is 209. The van der Waals surface area contributed by atoms with Crippen molar-refractivity contribution in [1.29, 1.82) is 0 Å². The second-order valence-electron chi connectivity index (χ2n) is 4.25. The summed E-state index contributed by atoms with van der Waals surface area (Å²) in [5, 5.41) is 8.84. The van der Waals surface area contributed by atoms with Crippen molar-refractivity contribution in [1.82, 2.24) is 0 Å². The van der Waals surface area contributed by atoms with E-state index < -0.39 is 5.54 Å². The quantitative estimate of drug-likeness (QED) is 0.496. The van der Waals surface area contributed by atoms with E-state index in [1.165, 1.54) is 0 Å². The third kappa shape index (κ3) is 6.35. The SMILES string of the molecule is CCOC(=O)C(C)(N)CCSCC(C)CO. The van der Waals surface area contributed by atoms with Crippen LogP contribution in [0.3, 0.4) is 0 Å². The summed E-state index contributed by atoms with van der Waals surface area (Å²) in [6, 6.07) is 0. The summed E-state index contributed by atoms with van der Waals surface area (Å²) in [6.45, 7) is 6.01. The maximum atomic E-state index is 11.5. The fourth-order valence-electron chi connectivity index (χ4n) is 1.02. The Kier molecular flexibility index (Phi) is 7.80. The molecule has 96 valence electrons. The third-order valence-corrected chi connectivity index (χ3v) is 3.52. The second-order valence-corrected chi connectivity index (χ2v) is 5.40. The van der Waals surface area contributed by atoms with Crippen molar-refractivity contribution in [2.75, 3.05) is 24.7 Å². The highest BCUT2D eigenvalue weighted by molar-refractivity contribution is 7.99. The number of hydrogen-bond acceptors (Lipinski definition) is 5. The molecule has 0 aliphatic heterocycles. The first-order valence-corrected chi connectivity index (χ1v) is 6.74. The van der Waals surface area contributed by atoms with E-state index in [1.807, 2.05) is 6.92 Å². The Morgan fingerprint density at radius 2 is 2.25 bits per heavy atom. The first-order chi connectivity index (χ1) is 7.44. The average molecular weight is 249 g/mol. The minimum atomic E-state index is -0.897. The van der Waals surface area contributed by atoms with E-state index in [4.69, 9.17) is 15.6 Å². The maximum Gasteiger partial charge on any atom is 0.325 e. The molecular formula is C11H23NO3S. The minimum absolute atomic E-state index is 0.199. The summed E-state index contributed by atoms with van der Waals surface area (Å²) in [4.78, 5) is 11.5.